The maximum Gasteiger partial charge on any atom is 0.411 e. The van der Waals surface area contributed by atoms with Crippen LogP contribution < -0.4 is 10.6 Å². The van der Waals surface area contributed by atoms with Gasteiger partial charge in [0.1, 0.15) is 17.7 Å². The molecule has 3 atom stereocenters. The fourth-order valence-corrected chi connectivity index (χ4v) is 5.19. The van der Waals surface area contributed by atoms with E-state index in [9.17, 15) is 24.3 Å². The van der Waals surface area contributed by atoms with Crippen LogP contribution in [0.2, 0.25) is 0 Å². The summed E-state index contributed by atoms with van der Waals surface area (Å²) in [5.74, 6) is -1.59. The molecule has 3 N–H and O–H groups in total. The third kappa shape index (κ3) is 7.71. The van der Waals surface area contributed by atoms with Crippen molar-refractivity contribution in [3.05, 3.63) is 35.4 Å². The van der Waals surface area contributed by atoms with Crippen LogP contribution in [-0.2, 0) is 32.1 Å². The van der Waals surface area contributed by atoms with Crippen molar-refractivity contribution in [1.29, 1.82) is 0 Å². The maximum atomic E-state index is 13.6. The van der Waals surface area contributed by atoms with Crippen LogP contribution in [0, 0.1) is 17.8 Å². The minimum absolute atomic E-state index is 0.118. The molecule has 0 bridgehead atoms. The van der Waals surface area contributed by atoms with E-state index in [-0.39, 0.29) is 36.1 Å². The molecule has 38 heavy (non-hydrogen) atoms. The number of carbonyl (C=O) groups is 4. The largest absolute Gasteiger partial charge is 0.481 e. The lowest BCUT2D eigenvalue weighted by Crippen LogP contribution is -2.58. The highest BCUT2D eigenvalue weighted by Crippen LogP contribution is 2.29. The van der Waals surface area contributed by atoms with Crippen LogP contribution in [0.3, 0.4) is 0 Å². The highest BCUT2D eigenvalue weighted by atomic mass is 16.6. The number of nitrogens with zero attached hydrogens (tertiary/aromatic N) is 1. The van der Waals surface area contributed by atoms with Crippen LogP contribution in [0.5, 0.6) is 0 Å². The highest BCUT2D eigenvalue weighted by Gasteiger charge is 2.39. The van der Waals surface area contributed by atoms with Crippen molar-refractivity contribution < 1.29 is 29.0 Å². The van der Waals surface area contributed by atoms with Crippen molar-refractivity contribution in [2.45, 2.75) is 97.4 Å². The van der Waals surface area contributed by atoms with Gasteiger partial charge >= 0.3 is 12.1 Å². The molecule has 1 heterocycles. The smallest absolute Gasteiger partial charge is 0.411 e. The summed E-state index contributed by atoms with van der Waals surface area (Å²) in [6.45, 7) is 9.95. The number of fused-ring (bicyclic) bond motifs is 1. The van der Waals surface area contributed by atoms with E-state index in [0.717, 1.165) is 24.0 Å². The van der Waals surface area contributed by atoms with E-state index < -0.39 is 29.7 Å². The fraction of sp³-hybridized carbons (Fsp3) is 0.655. The summed E-state index contributed by atoms with van der Waals surface area (Å²) in [5.41, 5.74) is 1.25. The lowest BCUT2D eigenvalue weighted by Gasteiger charge is -2.37. The van der Waals surface area contributed by atoms with Gasteiger partial charge in [-0.05, 0) is 69.4 Å². The summed E-state index contributed by atoms with van der Waals surface area (Å²) in [6.07, 6.45) is 3.20. The molecule has 1 saturated carbocycles. The molecule has 210 valence electrons. The van der Waals surface area contributed by atoms with E-state index in [1.807, 2.05) is 38.1 Å². The SMILES string of the molecule is CC[C@@H](C)[C@H](NC(=O)[C@@H]1Cc2ccccc2CN1C(=O)OC(C)(C)C)C(=O)NCC1CCC(C(=O)O)CC1. The second-order valence-electron chi connectivity index (χ2n) is 11.8. The Hall–Kier alpha value is -3.10. The predicted octanol–water partition coefficient (Wildman–Crippen LogP) is 3.89. The Kier molecular flexibility index (Phi) is 9.79. The summed E-state index contributed by atoms with van der Waals surface area (Å²) >= 11 is 0. The number of hydrogen-bond acceptors (Lipinski definition) is 5. The summed E-state index contributed by atoms with van der Waals surface area (Å²) in [7, 11) is 0. The number of ether oxygens (including phenoxy) is 1. The molecule has 1 fully saturated rings. The topological polar surface area (TPSA) is 125 Å². The standard InChI is InChI=1S/C29H43N3O6/c1-6-18(2)24(26(34)30-16-19-11-13-20(14-12-19)27(35)36)31-25(33)23-15-21-9-7-8-10-22(21)17-32(23)28(37)38-29(3,4)5/h7-10,18-20,23-24H,6,11-17H2,1-5H3,(H,30,34)(H,31,33)(H,35,36)/t18-,19?,20?,23+,24+/m1/s1. The highest BCUT2D eigenvalue weighted by molar-refractivity contribution is 5.92. The molecular weight excluding hydrogens is 486 g/mol. The minimum atomic E-state index is -0.801. The first-order valence-corrected chi connectivity index (χ1v) is 13.8. The van der Waals surface area contributed by atoms with Gasteiger partial charge in [0, 0.05) is 13.0 Å². The first kappa shape index (κ1) is 29.5. The van der Waals surface area contributed by atoms with Crippen LogP contribution in [0.1, 0.15) is 77.8 Å². The molecule has 0 aromatic heterocycles. The lowest BCUT2D eigenvalue weighted by molar-refractivity contribution is -0.143. The lowest BCUT2D eigenvalue weighted by atomic mass is 9.82. The van der Waals surface area contributed by atoms with Gasteiger partial charge in [-0.25, -0.2) is 4.79 Å². The number of carboxylic acids is 1. The summed E-state index contributed by atoms with van der Waals surface area (Å²) in [4.78, 5) is 52.7. The van der Waals surface area contributed by atoms with E-state index in [1.54, 1.807) is 20.8 Å². The molecule has 3 rings (SSSR count). The molecule has 0 unspecified atom stereocenters. The Morgan fingerprint density at radius 2 is 1.71 bits per heavy atom. The van der Waals surface area contributed by atoms with Crippen molar-refractivity contribution >= 4 is 23.9 Å². The molecular formula is C29H43N3O6. The normalized spacial score (nSPS) is 23.0. The molecule has 9 nitrogen and oxygen atoms in total. The van der Waals surface area contributed by atoms with Crippen LogP contribution >= 0.6 is 0 Å². The van der Waals surface area contributed by atoms with Crippen LogP contribution in [0.25, 0.3) is 0 Å². The van der Waals surface area contributed by atoms with Crippen molar-refractivity contribution in [3.63, 3.8) is 0 Å². The molecule has 1 aliphatic heterocycles. The van der Waals surface area contributed by atoms with Gasteiger partial charge in [0.15, 0.2) is 0 Å². The molecule has 1 aromatic rings. The van der Waals surface area contributed by atoms with Crippen LogP contribution in [-0.4, -0.2) is 58.1 Å². The molecule has 0 saturated heterocycles. The Morgan fingerprint density at radius 3 is 2.29 bits per heavy atom. The van der Waals surface area contributed by atoms with Crippen LogP contribution in [0.15, 0.2) is 24.3 Å². The van der Waals surface area contributed by atoms with Gasteiger partial charge in [-0.2, -0.15) is 0 Å². The van der Waals surface area contributed by atoms with Gasteiger partial charge in [-0.3, -0.25) is 19.3 Å². The van der Waals surface area contributed by atoms with Crippen molar-refractivity contribution in [2.75, 3.05) is 6.54 Å². The average molecular weight is 530 g/mol. The van der Waals surface area contributed by atoms with Gasteiger partial charge in [0.25, 0.3) is 0 Å². The second-order valence-corrected chi connectivity index (χ2v) is 11.8. The Labute approximate surface area is 225 Å². The predicted molar refractivity (Wildman–Crippen MR) is 143 cm³/mol. The molecule has 9 heteroatoms. The van der Waals surface area contributed by atoms with Gasteiger partial charge in [-0.15, -0.1) is 0 Å². The van der Waals surface area contributed by atoms with Crippen molar-refractivity contribution in [2.24, 2.45) is 17.8 Å². The van der Waals surface area contributed by atoms with E-state index in [2.05, 4.69) is 10.6 Å². The quantitative estimate of drug-likeness (QED) is 0.469. The maximum absolute atomic E-state index is 13.6. The first-order chi connectivity index (χ1) is 17.9. The monoisotopic (exact) mass is 529 g/mol. The molecule has 1 aromatic carbocycles. The fourth-order valence-electron chi connectivity index (χ4n) is 5.19. The van der Waals surface area contributed by atoms with E-state index >= 15 is 0 Å². The second kappa shape index (κ2) is 12.6. The Balaban J connectivity index is 1.70. The summed E-state index contributed by atoms with van der Waals surface area (Å²) in [5, 5.41) is 15.2. The number of carbonyl (C=O) groups excluding carboxylic acids is 3. The molecule has 0 radical (unpaired) electrons. The van der Waals surface area contributed by atoms with E-state index in [4.69, 9.17) is 4.74 Å². The molecule has 3 amide bonds. The number of aliphatic carboxylic acids is 1. The van der Waals surface area contributed by atoms with Gasteiger partial charge in [-0.1, -0.05) is 44.5 Å². The first-order valence-electron chi connectivity index (χ1n) is 13.8. The number of carboxylic acid groups (broad SMARTS) is 1. The van der Waals surface area contributed by atoms with Gasteiger partial charge in [0.05, 0.1) is 12.5 Å². The minimum Gasteiger partial charge on any atom is -0.481 e. The Morgan fingerprint density at radius 1 is 1.08 bits per heavy atom. The number of hydrogen-bond donors (Lipinski definition) is 3. The molecule has 1 aliphatic carbocycles. The zero-order valence-electron chi connectivity index (χ0n) is 23.3. The summed E-state index contributed by atoms with van der Waals surface area (Å²) in [6, 6.07) is 6.17. The van der Waals surface area contributed by atoms with Gasteiger partial charge in [0.2, 0.25) is 11.8 Å². The number of amides is 3. The number of rotatable bonds is 8. The van der Waals surface area contributed by atoms with Crippen molar-refractivity contribution in [1.82, 2.24) is 15.5 Å². The molecule has 0 spiro atoms. The van der Waals surface area contributed by atoms with Crippen LogP contribution in [0.4, 0.5) is 4.79 Å². The van der Waals surface area contributed by atoms with Gasteiger partial charge < -0.3 is 20.5 Å². The number of benzene rings is 1. The summed E-state index contributed by atoms with van der Waals surface area (Å²) < 4.78 is 5.61. The van der Waals surface area contributed by atoms with E-state index in [1.165, 1.54) is 4.90 Å². The molecule has 2 aliphatic rings. The zero-order valence-corrected chi connectivity index (χ0v) is 23.3. The third-order valence-electron chi connectivity index (χ3n) is 7.73. The average Bonchev–Trinajstić information content (AvgIpc) is 2.88. The Bertz CT molecular complexity index is 1010. The third-order valence-corrected chi connectivity index (χ3v) is 7.73. The van der Waals surface area contributed by atoms with Crippen molar-refractivity contribution in [3.8, 4) is 0 Å². The zero-order chi connectivity index (χ0) is 28.0. The van der Waals surface area contributed by atoms with E-state index in [0.29, 0.717) is 32.2 Å². The number of nitrogens with one attached hydrogen (secondary N) is 2.